The van der Waals surface area contributed by atoms with Gasteiger partial charge in [-0.3, -0.25) is 0 Å². The SMILES string of the molecule is Oc1cc2c(cc1F)CCc1c(C3CC3)ncn1-2. The van der Waals surface area contributed by atoms with Crippen molar-refractivity contribution in [3.05, 3.63) is 41.2 Å². The highest BCUT2D eigenvalue weighted by Crippen LogP contribution is 2.43. The molecule has 2 heterocycles. The lowest BCUT2D eigenvalue weighted by Gasteiger charge is -2.20. The number of fused-ring (bicyclic) bond motifs is 3. The number of phenols is 1. The summed E-state index contributed by atoms with van der Waals surface area (Å²) in [5, 5.41) is 9.52. The fraction of sp³-hybridized carbons (Fsp3) is 0.357. The Morgan fingerprint density at radius 2 is 2.11 bits per heavy atom. The van der Waals surface area contributed by atoms with Crippen molar-refractivity contribution in [3.63, 3.8) is 0 Å². The first-order valence-electron chi connectivity index (χ1n) is 6.32. The predicted octanol–water partition coefficient (Wildman–Crippen LogP) is 2.69. The van der Waals surface area contributed by atoms with Crippen LogP contribution in [0.15, 0.2) is 18.5 Å². The Hall–Kier alpha value is -1.84. The van der Waals surface area contributed by atoms with E-state index in [9.17, 15) is 9.50 Å². The van der Waals surface area contributed by atoms with Gasteiger partial charge in [-0.1, -0.05) is 0 Å². The van der Waals surface area contributed by atoms with Gasteiger partial charge in [-0.2, -0.15) is 0 Å². The second kappa shape index (κ2) is 3.34. The number of aromatic hydroxyl groups is 1. The van der Waals surface area contributed by atoms with Gasteiger partial charge < -0.3 is 9.67 Å². The molecule has 1 N–H and O–H groups in total. The van der Waals surface area contributed by atoms with Gasteiger partial charge in [0.15, 0.2) is 11.6 Å². The molecule has 0 unspecified atom stereocenters. The van der Waals surface area contributed by atoms with E-state index in [1.807, 2.05) is 4.57 Å². The summed E-state index contributed by atoms with van der Waals surface area (Å²) >= 11 is 0. The summed E-state index contributed by atoms with van der Waals surface area (Å²) in [4.78, 5) is 4.50. The second-order valence-corrected chi connectivity index (χ2v) is 5.15. The molecular formula is C14H13FN2O. The van der Waals surface area contributed by atoms with Gasteiger partial charge in [0.25, 0.3) is 0 Å². The van der Waals surface area contributed by atoms with Gasteiger partial charge in [0.1, 0.15) is 0 Å². The second-order valence-electron chi connectivity index (χ2n) is 5.15. The van der Waals surface area contributed by atoms with Crippen molar-refractivity contribution in [1.29, 1.82) is 0 Å². The highest BCUT2D eigenvalue weighted by atomic mass is 19.1. The third kappa shape index (κ3) is 1.32. The average molecular weight is 244 g/mol. The monoisotopic (exact) mass is 244 g/mol. The standard InChI is InChI=1S/C14H13FN2O/c15-10-5-9-3-4-11-14(8-1-2-8)16-7-17(11)12(9)6-13(10)18/h5-8,18H,1-4H2. The number of rotatable bonds is 1. The molecule has 1 aromatic heterocycles. The van der Waals surface area contributed by atoms with E-state index in [1.54, 1.807) is 6.33 Å². The van der Waals surface area contributed by atoms with Crippen LogP contribution in [0.4, 0.5) is 4.39 Å². The van der Waals surface area contributed by atoms with Crippen LogP contribution in [0.3, 0.4) is 0 Å². The van der Waals surface area contributed by atoms with Crippen molar-refractivity contribution in [2.45, 2.75) is 31.6 Å². The summed E-state index contributed by atoms with van der Waals surface area (Å²) in [6.45, 7) is 0. The molecule has 0 saturated heterocycles. The maximum atomic E-state index is 13.4. The minimum atomic E-state index is -0.542. The van der Waals surface area contributed by atoms with Crippen LogP contribution in [-0.4, -0.2) is 14.7 Å². The predicted molar refractivity (Wildman–Crippen MR) is 64.6 cm³/mol. The molecule has 4 heteroatoms. The summed E-state index contributed by atoms with van der Waals surface area (Å²) in [5.74, 6) is -0.208. The van der Waals surface area contributed by atoms with E-state index in [0.717, 1.165) is 24.1 Å². The molecule has 2 aromatic rings. The number of aryl methyl sites for hydroxylation is 1. The Morgan fingerprint density at radius 3 is 2.89 bits per heavy atom. The molecule has 1 aliphatic carbocycles. The molecule has 3 nitrogen and oxygen atoms in total. The number of benzene rings is 1. The van der Waals surface area contributed by atoms with Gasteiger partial charge in [0.2, 0.25) is 0 Å². The molecule has 0 amide bonds. The zero-order valence-electron chi connectivity index (χ0n) is 9.86. The smallest absolute Gasteiger partial charge is 0.165 e. The summed E-state index contributed by atoms with van der Waals surface area (Å²) in [7, 11) is 0. The molecule has 18 heavy (non-hydrogen) atoms. The number of aromatic nitrogens is 2. The minimum absolute atomic E-state index is 0.289. The highest BCUT2D eigenvalue weighted by molar-refractivity contribution is 5.51. The highest BCUT2D eigenvalue weighted by Gasteiger charge is 2.31. The van der Waals surface area contributed by atoms with E-state index in [0.29, 0.717) is 5.92 Å². The number of nitrogens with zero attached hydrogens (tertiary/aromatic N) is 2. The van der Waals surface area contributed by atoms with E-state index < -0.39 is 5.82 Å². The first-order chi connectivity index (χ1) is 8.74. The molecule has 0 bridgehead atoms. The van der Waals surface area contributed by atoms with Crippen LogP contribution in [0.25, 0.3) is 5.69 Å². The van der Waals surface area contributed by atoms with Crippen LogP contribution in [-0.2, 0) is 12.8 Å². The topological polar surface area (TPSA) is 38.1 Å². The number of imidazole rings is 1. The van der Waals surface area contributed by atoms with Crippen molar-refractivity contribution >= 4 is 0 Å². The molecular weight excluding hydrogens is 231 g/mol. The minimum Gasteiger partial charge on any atom is -0.505 e. The molecule has 1 fully saturated rings. The number of halogens is 1. The summed E-state index contributed by atoms with van der Waals surface area (Å²) < 4.78 is 15.4. The van der Waals surface area contributed by atoms with Gasteiger partial charge >= 0.3 is 0 Å². The molecule has 1 aromatic carbocycles. The number of hydrogen-bond acceptors (Lipinski definition) is 2. The largest absolute Gasteiger partial charge is 0.505 e. The molecule has 2 aliphatic rings. The lowest BCUT2D eigenvalue weighted by molar-refractivity contribution is 0.431. The zero-order chi connectivity index (χ0) is 12.3. The van der Waals surface area contributed by atoms with Gasteiger partial charge in [-0.05, 0) is 37.3 Å². The zero-order valence-corrected chi connectivity index (χ0v) is 9.86. The van der Waals surface area contributed by atoms with Gasteiger partial charge in [-0.25, -0.2) is 9.37 Å². The van der Waals surface area contributed by atoms with Crippen LogP contribution in [0.5, 0.6) is 5.75 Å². The van der Waals surface area contributed by atoms with Crippen LogP contribution >= 0.6 is 0 Å². The third-order valence-corrected chi connectivity index (χ3v) is 3.90. The number of hydrogen-bond donors (Lipinski definition) is 1. The maximum absolute atomic E-state index is 13.4. The van der Waals surface area contributed by atoms with Crippen LogP contribution < -0.4 is 0 Å². The molecule has 0 radical (unpaired) electrons. The maximum Gasteiger partial charge on any atom is 0.165 e. The Kier molecular flexibility index (Phi) is 1.88. The van der Waals surface area contributed by atoms with Crippen molar-refractivity contribution < 1.29 is 9.50 Å². The molecule has 92 valence electrons. The van der Waals surface area contributed by atoms with Crippen molar-refractivity contribution in [2.75, 3.05) is 0 Å². The fourth-order valence-corrected chi connectivity index (χ4v) is 2.81. The lowest BCUT2D eigenvalue weighted by Crippen LogP contribution is -2.12. The van der Waals surface area contributed by atoms with Crippen LogP contribution in [0.1, 0.15) is 35.7 Å². The van der Waals surface area contributed by atoms with Gasteiger partial charge in [0, 0.05) is 17.7 Å². The van der Waals surface area contributed by atoms with E-state index in [-0.39, 0.29) is 5.75 Å². The van der Waals surface area contributed by atoms with E-state index in [2.05, 4.69) is 4.98 Å². The Bertz CT molecular complexity index is 643. The molecule has 1 saturated carbocycles. The van der Waals surface area contributed by atoms with Crippen molar-refractivity contribution in [3.8, 4) is 11.4 Å². The first-order valence-corrected chi connectivity index (χ1v) is 6.32. The Labute approximate surface area is 104 Å². The van der Waals surface area contributed by atoms with Crippen molar-refractivity contribution in [1.82, 2.24) is 9.55 Å². The Morgan fingerprint density at radius 1 is 1.28 bits per heavy atom. The quantitative estimate of drug-likeness (QED) is 0.837. The normalized spacial score (nSPS) is 17.4. The number of phenolic OH excluding ortho intramolecular Hbond substituents is 1. The molecule has 4 rings (SSSR count). The van der Waals surface area contributed by atoms with E-state index in [1.165, 1.54) is 36.4 Å². The summed E-state index contributed by atoms with van der Waals surface area (Å²) in [6, 6.07) is 2.94. The van der Waals surface area contributed by atoms with Gasteiger partial charge in [-0.15, -0.1) is 0 Å². The summed E-state index contributed by atoms with van der Waals surface area (Å²) in [5.41, 5.74) is 4.24. The Balaban J connectivity index is 1.91. The fourth-order valence-electron chi connectivity index (χ4n) is 2.81. The average Bonchev–Trinajstić information content (AvgIpc) is 3.11. The summed E-state index contributed by atoms with van der Waals surface area (Å²) in [6.07, 6.45) is 5.98. The van der Waals surface area contributed by atoms with E-state index >= 15 is 0 Å². The molecule has 0 spiro atoms. The first kappa shape index (κ1) is 10.1. The van der Waals surface area contributed by atoms with Crippen molar-refractivity contribution in [2.24, 2.45) is 0 Å². The molecule has 1 aliphatic heterocycles. The molecule has 0 atom stereocenters. The van der Waals surface area contributed by atoms with Gasteiger partial charge in [0.05, 0.1) is 17.7 Å². The van der Waals surface area contributed by atoms with Crippen LogP contribution in [0.2, 0.25) is 0 Å². The van der Waals surface area contributed by atoms with Crippen LogP contribution in [0, 0.1) is 5.82 Å². The van der Waals surface area contributed by atoms with E-state index in [4.69, 9.17) is 0 Å². The lowest BCUT2D eigenvalue weighted by atomic mass is 9.99. The third-order valence-electron chi connectivity index (χ3n) is 3.90.